The number of aryl methyl sites for hydroxylation is 2. The lowest BCUT2D eigenvalue weighted by molar-refractivity contribution is -0.137. The Labute approximate surface area is 148 Å². The van der Waals surface area contributed by atoms with Crippen LogP contribution in [0.5, 0.6) is 0 Å². The number of ether oxygens (including phenoxy) is 1. The van der Waals surface area contributed by atoms with E-state index in [1.165, 1.54) is 17.0 Å². The number of methoxy groups -OCH3 is 1. The van der Waals surface area contributed by atoms with E-state index in [0.717, 1.165) is 17.0 Å². The number of carbonyl (C=O) groups excluding carboxylic acids is 1. The molecule has 136 valence electrons. The average Bonchev–Trinajstić information content (AvgIpc) is 2.99. The summed E-state index contributed by atoms with van der Waals surface area (Å²) >= 11 is 1.62. The van der Waals surface area contributed by atoms with Gasteiger partial charge in [0.05, 0.1) is 5.56 Å². The average molecular weight is 371 g/mol. The Morgan fingerprint density at radius 1 is 1.20 bits per heavy atom. The lowest BCUT2D eigenvalue weighted by Crippen LogP contribution is -2.29. The van der Waals surface area contributed by atoms with Gasteiger partial charge in [0, 0.05) is 29.8 Å². The molecule has 1 atom stereocenters. The summed E-state index contributed by atoms with van der Waals surface area (Å²) in [6.45, 7) is 2.37. The van der Waals surface area contributed by atoms with Crippen molar-refractivity contribution in [3.63, 3.8) is 0 Å². The van der Waals surface area contributed by atoms with Crippen molar-refractivity contribution < 1.29 is 22.7 Å². The lowest BCUT2D eigenvalue weighted by atomic mass is 10.1. The largest absolute Gasteiger partial charge is 0.416 e. The molecule has 1 amide bonds. The number of nitrogens with one attached hydrogen (secondary N) is 1. The van der Waals surface area contributed by atoms with Crippen molar-refractivity contribution >= 4 is 17.2 Å². The van der Waals surface area contributed by atoms with Gasteiger partial charge in [0.1, 0.15) is 6.10 Å². The van der Waals surface area contributed by atoms with Gasteiger partial charge in [-0.3, -0.25) is 4.79 Å². The van der Waals surface area contributed by atoms with Crippen molar-refractivity contribution in [2.75, 3.05) is 13.7 Å². The summed E-state index contributed by atoms with van der Waals surface area (Å²) in [5.41, 5.74) is 0.00945. The van der Waals surface area contributed by atoms with E-state index in [2.05, 4.69) is 5.32 Å². The lowest BCUT2D eigenvalue weighted by Gasteiger charge is -2.14. The molecule has 25 heavy (non-hydrogen) atoms. The van der Waals surface area contributed by atoms with Crippen LogP contribution in [0, 0.1) is 6.92 Å². The Hall–Kier alpha value is -1.86. The zero-order valence-electron chi connectivity index (χ0n) is 14.0. The predicted octanol–water partition coefficient (Wildman–Crippen LogP) is 4.51. The maximum absolute atomic E-state index is 12.5. The van der Waals surface area contributed by atoms with Gasteiger partial charge in [-0.25, -0.2) is 0 Å². The molecule has 0 radical (unpaired) electrons. The predicted molar refractivity (Wildman–Crippen MR) is 91.6 cm³/mol. The molecule has 0 aliphatic carbocycles. The molecule has 1 heterocycles. The number of rotatable bonds is 7. The van der Waals surface area contributed by atoms with E-state index in [1.807, 2.05) is 19.1 Å². The molecule has 2 rings (SSSR count). The SMILES string of the molecule is COC(CNC(=O)CCc1ccc(C(F)(F)F)cc1)c1ccc(C)s1. The second kappa shape index (κ2) is 8.49. The van der Waals surface area contributed by atoms with E-state index in [4.69, 9.17) is 4.74 Å². The second-order valence-electron chi connectivity index (χ2n) is 5.67. The van der Waals surface area contributed by atoms with Gasteiger partial charge in [-0.15, -0.1) is 11.3 Å². The van der Waals surface area contributed by atoms with Gasteiger partial charge in [0.15, 0.2) is 0 Å². The molecule has 7 heteroatoms. The summed E-state index contributed by atoms with van der Waals surface area (Å²) in [6, 6.07) is 8.85. The van der Waals surface area contributed by atoms with Crippen LogP contribution in [0.4, 0.5) is 13.2 Å². The van der Waals surface area contributed by atoms with Crippen LogP contribution in [0.2, 0.25) is 0 Å². The molecular formula is C18H20F3NO2S. The summed E-state index contributed by atoms with van der Waals surface area (Å²) in [7, 11) is 1.59. The van der Waals surface area contributed by atoms with Crippen molar-refractivity contribution in [2.45, 2.75) is 32.0 Å². The van der Waals surface area contributed by atoms with Crippen LogP contribution in [-0.4, -0.2) is 19.6 Å². The van der Waals surface area contributed by atoms with Crippen LogP contribution >= 0.6 is 11.3 Å². The van der Waals surface area contributed by atoms with E-state index < -0.39 is 11.7 Å². The quantitative estimate of drug-likeness (QED) is 0.778. The maximum Gasteiger partial charge on any atom is 0.416 e. The zero-order chi connectivity index (χ0) is 18.4. The van der Waals surface area contributed by atoms with Crippen LogP contribution in [0.25, 0.3) is 0 Å². The van der Waals surface area contributed by atoms with Gasteiger partial charge in [0.25, 0.3) is 0 Å². The monoisotopic (exact) mass is 371 g/mol. The molecule has 2 aromatic rings. The summed E-state index contributed by atoms with van der Waals surface area (Å²) < 4.78 is 42.9. The Morgan fingerprint density at radius 3 is 2.40 bits per heavy atom. The highest BCUT2D eigenvalue weighted by Crippen LogP contribution is 2.29. The fraction of sp³-hybridized carbons (Fsp3) is 0.389. The van der Waals surface area contributed by atoms with Gasteiger partial charge in [-0.2, -0.15) is 13.2 Å². The summed E-state index contributed by atoms with van der Waals surface area (Å²) in [4.78, 5) is 14.2. The van der Waals surface area contributed by atoms with E-state index in [9.17, 15) is 18.0 Å². The maximum atomic E-state index is 12.5. The van der Waals surface area contributed by atoms with Crippen LogP contribution in [0.15, 0.2) is 36.4 Å². The Balaban J connectivity index is 1.80. The van der Waals surface area contributed by atoms with E-state index in [-0.39, 0.29) is 18.4 Å². The molecule has 1 aromatic heterocycles. The normalized spacial score (nSPS) is 12.8. The fourth-order valence-electron chi connectivity index (χ4n) is 2.34. The molecule has 0 aliphatic heterocycles. The van der Waals surface area contributed by atoms with Crippen LogP contribution in [0.3, 0.4) is 0 Å². The molecule has 0 spiro atoms. The molecule has 3 nitrogen and oxygen atoms in total. The highest BCUT2D eigenvalue weighted by Gasteiger charge is 2.29. The molecule has 0 saturated carbocycles. The molecule has 0 bridgehead atoms. The number of alkyl halides is 3. The fourth-order valence-corrected chi connectivity index (χ4v) is 3.29. The molecule has 1 N–H and O–H groups in total. The minimum absolute atomic E-state index is 0.157. The molecule has 0 saturated heterocycles. The minimum atomic E-state index is -4.34. The minimum Gasteiger partial charge on any atom is -0.374 e. The summed E-state index contributed by atoms with van der Waals surface area (Å²) in [5, 5.41) is 2.81. The third-order valence-corrected chi connectivity index (χ3v) is 4.86. The van der Waals surface area contributed by atoms with Crippen LogP contribution in [-0.2, 0) is 22.1 Å². The number of carbonyl (C=O) groups is 1. The molecule has 0 aliphatic rings. The van der Waals surface area contributed by atoms with Crippen LogP contribution < -0.4 is 5.32 Å². The molecular weight excluding hydrogens is 351 g/mol. The summed E-state index contributed by atoms with van der Waals surface area (Å²) in [5.74, 6) is -0.157. The number of benzene rings is 1. The first kappa shape index (κ1) is 19.5. The topological polar surface area (TPSA) is 38.3 Å². The highest BCUT2D eigenvalue weighted by atomic mass is 32.1. The Bertz CT molecular complexity index is 695. The van der Waals surface area contributed by atoms with E-state index in [1.54, 1.807) is 18.4 Å². The molecule has 0 fully saturated rings. The van der Waals surface area contributed by atoms with E-state index in [0.29, 0.717) is 18.5 Å². The van der Waals surface area contributed by atoms with Crippen LogP contribution in [0.1, 0.15) is 33.4 Å². The number of halogens is 3. The first-order valence-corrected chi connectivity index (χ1v) is 8.63. The standard InChI is InChI=1S/C18H20F3NO2S/c1-12-3-9-16(25-12)15(24-2)11-22-17(23)10-6-13-4-7-14(8-5-13)18(19,20)21/h3-5,7-9,15H,6,10-11H2,1-2H3,(H,22,23). The smallest absolute Gasteiger partial charge is 0.374 e. The second-order valence-corrected chi connectivity index (χ2v) is 6.99. The Morgan fingerprint density at radius 2 is 1.88 bits per heavy atom. The first-order chi connectivity index (χ1) is 11.8. The van der Waals surface area contributed by atoms with Gasteiger partial charge >= 0.3 is 6.18 Å². The van der Waals surface area contributed by atoms with Crippen molar-refractivity contribution in [1.29, 1.82) is 0 Å². The number of thiophene rings is 1. The van der Waals surface area contributed by atoms with Crippen molar-refractivity contribution in [3.8, 4) is 0 Å². The van der Waals surface area contributed by atoms with Gasteiger partial charge in [-0.05, 0) is 43.2 Å². The Kier molecular flexibility index (Phi) is 6.61. The zero-order valence-corrected chi connectivity index (χ0v) is 14.8. The number of hydrogen-bond donors (Lipinski definition) is 1. The summed E-state index contributed by atoms with van der Waals surface area (Å²) in [6.07, 6.45) is -3.94. The third kappa shape index (κ3) is 5.86. The molecule has 1 aromatic carbocycles. The van der Waals surface area contributed by atoms with Crippen molar-refractivity contribution in [2.24, 2.45) is 0 Å². The first-order valence-electron chi connectivity index (χ1n) is 7.81. The van der Waals surface area contributed by atoms with Gasteiger partial charge in [-0.1, -0.05) is 12.1 Å². The van der Waals surface area contributed by atoms with Gasteiger partial charge in [0.2, 0.25) is 5.91 Å². The van der Waals surface area contributed by atoms with Gasteiger partial charge < -0.3 is 10.1 Å². The number of amides is 1. The highest BCUT2D eigenvalue weighted by molar-refractivity contribution is 7.12. The van der Waals surface area contributed by atoms with E-state index >= 15 is 0 Å². The third-order valence-electron chi connectivity index (χ3n) is 3.77. The number of hydrogen-bond acceptors (Lipinski definition) is 3. The molecule has 1 unspecified atom stereocenters. The van der Waals surface area contributed by atoms with Crippen molar-refractivity contribution in [1.82, 2.24) is 5.32 Å². The van der Waals surface area contributed by atoms with Crippen molar-refractivity contribution in [3.05, 3.63) is 57.3 Å².